The Labute approximate surface area is 171 Å². The van der Waals surface area contributed by atoms with Crippen LogP contribution in [0, 0.1) is 13.8 Å². The van der Waals surface area contributed by atoms with Crippen LogP contribution in [0.3, 0.4) is 0 Å². The van der Waals surface area contributed by atoms with Crippen molar-refractivity contribution in [2.75, 3.05) is 18.0 Å². The van der Waals surface area contributed by atoms with E-state index in [1.807, 2.05) is 36.7 Å². The molecule has 0 atom stereocenters. The molecule has 6 heteroatoms. The van der Waals surface area contributed by atoms with Crippen LogP contribution in [0.25, 0.3) is 11.4 Å². The third kappa shape index (κ3) is 3.35. The molecule has 0 aliphatic carbocycles. The minimum absolute atomic E-state index is 0.771. The monoisotopic (exact) mass is 386 g/mol. The first-order chi connectivity index (χ1) is 14.0. The Balaban J connectivity index is 1.76. The molecule has 4 rings (SSSR count). The largest absolute Gasteiger partial charge is 0.372 e. The predicted molar refractivity (Wildman–Crippen MR) is 120 cm³/mol. The second kappa shape index (κ2) is 7.62. The number of benzene rings is 1. The van der Waals surface area contributed by atoms with Crippen LogP contribution in [0.2, 0.25) is 0 Å². The molecule has 0 saturated heterocycles. The van der Waals surface area contributed by atoms with Crippen LogP contribution >= 0.6 is 0 Å². The second-order valence-electron chi connectivity index (χ2n) is 7.19. The Kier molecular flexibility index (Phi) is 5.01. The zero-order chi connectivity index (χ0) is 20.5. The molecular weight excluding hydrogens is 360 g/mol. The van der Waals surface area contributed by atoms with Gasteiger partial charge in [0.2, 0.25) is 0 Å². The van der Waals surface area contributed by atoms with Gasteiger partial charge >= 0.3 is 0 Å². The summed E-state index contributed by atoms with van der Waals surface area (Å²) < 4.78 is 1.87. The molecule has 0 amide bonds. The highest BCUT2D eigenvalue weighted by Gasteiger charge is 2.27. The highest BCUT2D eigenvalue weighted by Crippen LogP contribution is 2.30. The lowest BCUT2D eigenvalue weighted by Crippen LogP contribution is -2.21. The van der Waals surface area contributed by atoms with Gasteiger partial charge in [-0.15, -0.1) is 0 Å². The number of aliphatic imine (C=N–C) groups is 1. The van der Waals surface area contributed by atoms with E-state index in [1.165, 1.54) is 5.69 Å². The van der Waals surface area contributed by atoms with Gasteiger partial charge in [-0.05, 0) is 70.5 Å². The fourth-order valence-electron chi connectivity index (χ4n) is 3.73. The van der Waals surface area contributed by atoms with E-state index < -0.39 is 0 Å². The van der Waals surface area contributed by atoms with Crippen molar-refractivity contribution in [1.29, 1.82) is 0 Å². The fraction of sp³-hybridized carbons (Fsp3) is 0.304. The molecule has 1 aliphatic heterocycles. The van der Waals surface area contributed by atoms with Gasteiger partial charge in [0.1, 0.15) is 11.4 Å². The highest BCUT2D eigenvalue weighted by molar-refractivity contribution is 6.48. The van der Waals surface area contributed by atoms with E-state index in [4.69, 9.17) is 15.1 Å². The molecule has 1 aromatic carbocycles. The lowest BCUT2D eigenvalue weighted by Gasteiger charge is -2.21. The van der Waals surface area contributed by atoms with Gasteiger partial charge in [-0.2, -0.15) is 5.10 Å². The summed E-state index contributed by atoms with van der Waals surface area (Å²) in [5.41, 5.74) is 7.66. The van der Waals surface area contributed by atoms with E-state index >= 15 is 0 Å². The van der Waals surface area contributed by atoms with Crippen molar-refractivity contribution in [1.82, 2.24) is 14.6 Å². The van der Waals surface area contributed by atoms with Crippen LogP contribution in [0.5, 0.6) is 0 Å². The molecule has 0 bridgehead atoms. The molecule has 1 aliphatic rings. The molecule has 0 spiro atoms. The van der Waals surface area contributed by atoms with Gasteiger partial charge in [-0.1, -0.05) is 6.07 Å². The first-order valence-electron chi connectivity index (χ1n) is 10.0. The first-order valence-corrected chi connectivity index (χ1v) is 10.0. The Morgan fingerprint density at radius 2 is 1.83 bits per heavy atom. The van der Waals surface area contributed by atoms with Crippen LogP contribution in [0.15, 0.2) is 52.7 Å². The minimum atomic E-state index is 0.771. The van der Waals surface area contributed by atoms with Gasteiger partial charge in [-0.25, -0.2) is 14.7 Å². The molecule has 6 nitrogen and oxygen atoms in total. The lowest BCUT2D eigenvalue weighted by molar-refractivity contribution is 0.865. The lowest BCUT2D eigenvalue weighted by atomic mass is 10.1. The molecule has 29 heavy (non-hydrogen) atoms. The van der Waals surface area contributed by atoms with E-state index in [0.717, 1.165) is 58.7 Å². The summed E-state index contributed by atoms with van der Waals surface area (Å²) in [6, 6.07) is 12.3. The van der Waals surface area contributed by atoms with Crippen molar-refractivity contribution in [3.05, 3.63) is 59.7 Å². The summed E-state index contributed by atoms with van der Waals surface area (Å²) >= 11 is 0. The van der Waals surface area contributed by atoms with E-state index in [9.17, 15) is 0 Å². The maximum atomic E-state index is 4.94. The predicted octanol–water partition coefficient (Wildman–Crippen LogP) is 4.77. The third-order valence-corrected chi connectivity index (χ3v) is 5.28. The van der Waals surface area contributed by atoms with Crippen molar-refractivity contribution < 1.29 is 0 Å². The topological polar surface area (TPSA) is 58.7 Å². The Hall–Kier alpha value is -3.28. The van der Waals surface area contributed by atoms with E-state index in [1.54, 1.807) is 6.20 Å². The number of nitrogens with zero attached hydrogens (tertiary/aromatic N) is 6. The number of anilines is 1. The van der Waals surface area contributed by atoms with Crippen molar-refractivity contribution in [3.63, 3.8) is 0 Å². The average molecular weight is 387 g/mol. The van der Waals surface area contributed by atoms with E-state index in [0.29, 0.717) is 0 Å². The summed E-state index contributed by atoms with van der Waals surface area (Å²) in [5.74, 6) is 0.771. The molecular formula is C23H26N6. The van der Waals surface area contributed by atoms with Crippen molar-refractivity contribution >= 4 is 22.8 Å². The molecule has 0 saturated carbocycles. The molecule has 0 radical (unpaired) electrons. The standard InChI is InChI=1S/C23H26N6/c1-6-28(7-2)18-11-12-19(15(3)14-18)26-21-16(4)27-29-22(17(5)25-23(21)29)20-10-8-9-13-24-20/h8-14H,6-7H2,1-5H3. The molecule has 0 fully saturated rings. The smallest absolute Gasteiger partial charge is 0.182 e. The zero-order valence-electron chi connectivity index (χ0n) is 17.6. The van der Waals surface area contributed by atoms with Gasteiger partial charge < -0.3 is 4.90 Å². The molecule has 3 heterocycles. The Bertz CT molecular complexity index is 1100. The Morgan fingerprint density at radius 1 is 1.03 bits per heavy atom. The van der Waals surface area contributed by atoms with Gasteiger partial charge in [0, 0.05) is 25.0 Å². The number of hydrogen-bond acceptors (Lipinski definition) is 5. The van der Waals surface area contributed by atoms with Gasteiger partial charge in [0.15, 0.2) is 5.82 Å². The van der Waals surface area contributed by atoms with E-state index in [2.05, 4.69) is 48.9 Å². The maximum Gasteiger partial charge on any atom is 0.182 e. The Morgan fingerprint density at radius 3 is 2.48 bits per heavy atom. The second-order valence-corrected chi connectivity index (χ2v) is 7.19. The van der Waals surface area contributed by atoms with E-state index in [-0.39, 0.29) is 0 Å². The normalized spacial score (nSPS) is 14.2. The maximum absolute atomic E-state index is 4.94. The number of fused-ring (bicyclic) bond motifs is 1. The number of aryl methyl sites for hydroxylation is 2. The molecule has 3 aromatic rings. The van der Waals surface area contributed by atoms with Crippen LogP contribution in [-0.4, -0.2) is 39.2 Å². The fourth-order valence-corrected chi connectivity index (χ4v) is 3.73. The van der Waals surface area contributed by atoms with Crippen LogP contribution in [0.4, 0.5) is 11.4 Å². The zero-order valence-corrected chi connectivity index (χ0v) is 17.6. The van der Waals surface area contributed by atoms with Gasteiger partial charge in [0.05, 0.1) is 22.8 Å². The SMILES string of the molecule is CCN(CC)c1ccc(N=C2C(C)=Nn3c2nc(C)c3-c2ccccn2)c(C)c1. The third-order valence-electron chi connectivity index (χ3n) is 5.28. The van der Waals surface area contributed by atoms with Gasteiger partial charge in [-0.3, -0.25) is 4.98 Å². The van der Waals surface area contributed by atoms with Crippen molar-refractivity contribution in [3.8, 4) is 11.4 Å². The van der Waals surface area contributed by atoms with Crippen LogP contribution < -0.4 is 4.90 Å². The number of pyridine rings is 1. The first kappa shape index (κ1) is 19.1. The molecule has 0 unspecified atom stereocenters. The van der Waals surface area contributed by atoms with Crippen LogP contribution in [0.1, 0.15) is 37.9 Å². The number of hydrogen-bond donors (Lipinski definition) is 0. The van der Waals surface area contributed by atoms with Crippen molar-refractivity contribution in [2.24, 2.45) is 10.1 Å². The minimum Gasteiger partial charge on any atom is -0.372 e. The number of imidazole rings is 1. The van der Waals surface area contributed by atoms with Crippen molar-refractivity contribution in [2.45, 2.75) is 34.6 Å². The summed E-state index contributed by atoms with van der Waals surface area (Å²) in [5, 5.41) is 4.72. The number of rotatable bonds is 5. The highest BCUT2D eigenvalue weighted by atomic mass is 15.4. The number of aromatic nitrogens is 3. The van der Waals surface area contributed by atoms with Gasteiger partial charge in [0.25, 0.3) is 0 Å². The van der Waals surface area contributed by atoms with Crippen LogP contribution in [-0.2, 0) is 0 Å². The molecule has 0 N–H and O–H groups in total. The quantitative estimate of drug-likeness (QED) is 0.635. The summed E-state index contributed by atoms with van der Waals surface area (Å²) in [4.78, 5) is 16.5. The molecule has 148 valence electrons. The summed E-state index contributed by atoms with van der Waals surface area (Å²) in [7, 11) is 0. The summed E-state index contributed by atoms with van der Waals surface area (Å²) in [6.07, 6.45) is 1.79. The summed E-state index contributed by atoms with van der Waals surface area (Å²) in [6.45, 7) is 12.4. The molecule has 2 aromatic heterocycles. The average Bonchev–Trinajstić information content (AvgIpc) is 3.19.